The van der Waals surface area contributed by atoms with Gasteiger partial charge in [0.1, 0.15) is 6.33 Å². The van der Waals surface area contributed by atoms with E-state index < -0.39 is 0 Å². The van der Waals surface area contributed by atoms with Gasteiger partial charge in [0.15, 0.2) is 0 Å². The fourth-order valence-electron chi connectivity index (χ4n) is 2.92. The molecule has 0 spiro atoms. The van der Waals surface area contributed by atoms with Gasteiger partial charge in [0, 0.05) is 31.7 Å². The third-order valence-electron chi connectivity index (χ3n) is 4.22. The zero-order valence-corrected chi connectivity index (χ0v) is 15.5. The lowest BCUT2D eigenvalue weighted by Crippen LogP contribution is -2.27. The number of carbonyl (C=O) groups is 1. The number of aryl methyl sites for hydroxylation is 1. The Balaban J connectivity index is 1.40. The number of amides is 1. The summed E-state index contributed by atoms with van der Waals surface area (Å²) in [5, 5.41) is 17.2. The maximum absolute atomic E-state index is 12.5. The number of rotatable bonds is 7. The maximum atomic E-state index is 12.5. The van der Waals surface area contributed by atoms with E-state index in [2.05, 4.69) is 25.6 Å². The summed E-state index contributed by atoms with van der Waals surface area (Å²) in [6, 6.07) is 9.73. The molecule has 27 heavy (non-hydrogen) atoms. The van der Waals surface area contributed by atoms with Crippen LogP contribution in [0.4, 0.5) is 0 Å². The van der Waals surface area contributed by atoms with Crippen molar-refractivity contribution in [2.24, 2.45) is 0 Å². The third kappa shape index (κ3) is 3.87. The molecule has 8 nitrogen and oxygen atoms in total. The second-order valence-corrected chi connectivity index (χ2v) is 6.94. The molecule has 0 bridgehead atoms. The van der Waals surface area contributed by atoms with Crippen molar-refractivity contribution in [1.82, 2.24) is 30.1 Å². The van der Waals surface area contributed by atoms with E-state index in [1.54, 1.807) is 11.4 Å². The van der Waals surface area contributed by atoms with Crippen molar-refractivity contribution in [1.29, 1.82) is 0 Å². The Labute approximate surface area is 159 Å². The van der Waals surface area contributed by atoms with Gasteiger partial charge in [0.25, 0.3) is 0 Å². The first kappa shape index (κ1) is 17.3. The molecule has 0 aliphatic rings. The van der Waals surface area contributed by atoms with Gasteiger partial charge in [0.05, 0.1) is 11.6 Å². The van der Waals surface area contributed by atoms with Gasteiger partial charge in [-0.1, -0.05) is 30.3 Å². The van der Waals surface area contributed by atoms with E-state index in [-0.39, 0.29) is 18.2 Å². The largest absolute Gasteiger partial charge is 0.425 e. The van der Waals surface area contributed by atoms with Gasteiger partial charge in [-0.2, -0.15) is 5.10 Å². The number of hydrogen-bond donors (Lipinski definition) is 1. The van der Waals surface area contributed by atoms with E-state index in [9.17, 15) is 4.79 Å². The Morgan fingerprint density at radius 3 is 2.93 bits per heavy atom. The molecule has 0 saturated carbocycles. The number of benzene rings is 1. The molecule has 0 aliphatic carbocycles. The molecule has 138 valence electrons. The molecule has 1 unspecified atom stereocenters. The maximum Gasteiger partial charge on any atom is 0.224 e. The predicted molar refractivity (Wildman–Crippen MR) is 99.5 cm³/mol. The Kier molecular flexibility index (Phi) is 4.93. The van der Waals surface area contributed by atoms with Gasteiger partial charge < -0.3 is 9.73 Å². The van der Waals surface area contributed by atoms with Crippen molar-refractivity contribution in [3.05, 3.63) is 65.1 Å². The molecule has 9 heteroatoms. The molecular formula is C18H18N6O2S. The highest BCUT2D eigenvalue weighted by atomic mass is 32.1. The van der Waals surface area contributed by atoms with Crippen molar-refractivity contribution in [3.8, 4) is 0 Å². The van der Waals surface area contributed by atoms with E-state index in [0.717, 1.165) is 16.2 Å². The molecular weight excluding hydrogens is 364 g/mol. The lowest BCUT2D eigenvalue weighted by Gasteiger charge is -2.13. The first-order valence-corrected chi connectivity index (χ1v) is 9.46. The van der Waals surface area contributed by atoms with Crippen molar-refractivity contribution in [2.75, 3.05) is 6.54 Å². The predicted octanol–water partition coefficient (Wildman–Crippen LogP) is 2.36. The molecule has 0 aliphatic heterocycles. The second-order valence-electron chi connectivity index (χ2n) is 6.11. The van der Waals surface area contributed by atoms with E-state index in [0.29, 0.717) is 24.7 Å². The van der Waals surface area contributed by atoms with Crippen LogP contribution in [0.2, 0.25) is 0 Å². The molecule has 1 aromatic carbocycles. The number of carbonyl (C=O) groups excluding carboxylic acids is 1. The van der Waals surface area contributed by atoms with E-state index in [1.807, 2.05) is 35.7 Å². The zero-order valence-electron chi connectivity index (χ0n) is 14.7. The quantitative estimate of drug-likeness (QED) is 0.527. The molecule has 0 radical (unpaired) electrons. The van der Waals surface area contributed by atoms with Gasteiger partial charge in [-0.3, -0.25) is 4.79 Å². The van der Waals surface area contributed by atoms with Crippen LogP contribution in [-0.2, 0) is 11.2 Å². The standard InChI is InChI=1S/C18H18N6O2S/c1-12-22-23-17(26-12)15(13-5-3-2-4-6-13)9-16(25)19-8-7-14-10-27-18-20-11-21-24(14)18/h2-6,10-11,15H,7-9H2,1H3,(H,19,25). The Morgan fingerprint density at radius 2 is 2.15 bits per heavy atom. The topological polar surface area (TPSA) is 98.2 Å². The molecule has 1 amide bonds. The van der Waals surface area contributed by atoms with Gasteiger partial charge in [-0.05, 0) is 5.56 Å². The molecule has 3 heterocycles. The molecule has 3 aromatic heterocycles. The lowest BCUT2D eigenvalue weighted by molar-refractivity contribution is -0.121. The summed E-state index contributed by atoms with van der Waals surface area (Å²) in [5.41, 5.74) is 2.00. The van der Waals surface area contributed by atoms with Gasteiger partial charge in [-0.15, -0.1) is 21.5 Å². The van der Waals surface area contributed by atoms with Gasteiger partial charge in [0.2, 0.25) is 22.6 Å². The highest BCUT2D eigenvalue weighted by molar-refractivity contribution is 7.15. The summed E-state index contributed by atoms with van der Waals surface area (Å²) in [6.45, 7) is 2.26. The SMILES string of the molecule is Cc1nnc(C(CC(=O)NCCc2csc3ncnn23)c2ccccc2)o1. The summed E-state index contributed by atoms with van der Waals surface area (Å²) in [7, 11) is 0. The van der Waals surface area contributed by atoms with E-state index >= 15 is 0 Å². The summed E-state index contributed by atoms with van der Waals surface area (Å²) in [6.07, 6.45) is 2.46. The molecule has 1 atom stereocenters. The minimum Gasteiger partial charge on any atom is -0.425 e. The second kappa shape index (κ2) is 7.67. The minimum atomic E-state index is -0.268. The minimum absolute atomic E-state index is 0.0650. The van der Waals surface area contributed by atoms with E-state index in [4.69, 9.17) is 4.42 Å². The smallest absolute Gasteiger partial charge is 0.224 e. The van der Waals surface area contributed by atoms with Crippen LogP contribution in [0.25, 0.3) is 4.96 Å². The Hall–Kier alpha value is -3.07. The number of nitrogens with one attached hydrogen (secondary N) is 1. The average molecular weight is 382 g/mol. The van der Waals surface area contributed by atoms with Crippen molar-refractivity contribution in [3.63, 3.8) is 0 Å². The monoisotopic (exact) mass is 382 g/mol. The van der Waals surface area contributed by atoms with Crippen LogP contribution in [0.3, 0.4) is 0 Å². The summed E-state index contributed by atoms with van der Waals surface area (Å²) >= 11 is 1.54. The Bertz CT molecular complexity index is 1040. The average Bonchev–Trinajstić information content (AvgIpc) is 3.39. The van der Waals surface area contributed by atoms with Gasteiger partial charge in [-0.25, -0.2) is 9.50 Å². The summed E-state index contributed by atoms with van der Waals surface area (Å²) < 4.78 is 7.38. The van der Waals surface area contributed by atoms with E-state index in [1.165, 1.54) is 17.7 Å². The third-order valence-corrected chi connectivity index (χ3v) is 5.10. The van der Waals surface area contributed by atoms with Crippen molar-refractivity contribution < 1.29 is 9.21 Å². The summed E-state index contributed by atoms with van der Waals surface area (Å²) in [5.74, 6) is 0.608. The highest BCUT2D eigenvalue weighted by Gasteiger charge is 2.23. The number of thiazole rings is 1. The fraction of sp³-hybridized carbons (Fsp3) is 0.278. The van der Waals surface area contributed by atoms with Crippen LogP contribution in [0.1, 0.15) is 35.4 Å². The van der Waals surface area contributed by atoms with Crippen LogP contribution in [-0.4, -0.2) is 37.2 Å². The van der Waals surface area contributed by atoms with Crippen molar-refractivity contribution >= 4 is 22.2 Å². The Morgan fingerprint density at radius 1 is 1.30 bits per heavy atom. The normalized spacial score (nSPS) is 12.3. The van der Waals surface area contributed by atoms with Gasteiger partial charge >= 0.3 is 0 Å². The van der Waals surface area contributed by atoms with Crippen LogP contribution in [0.15, 0.2) is 46.5 Å². The van der Waals surface area contributed by atoms with Crippen molar-refractivity contribution in [2.45, 2.75) is 25.7 Å². The first-order chi connectivity index (χ1) is 13.2. The number of hydrogen-bond acceptors (Lipinski definition) is 7. The van der Waals surface area contributed by atoms with Crippen LogP contribution < -0.4 is 5.32 Å². The van der Waals surface area contributed by atoms with Crippen LogP contribution in [0.5, 0.6) is 0 Å². The zero-order chi connectivity index (χ0) is 18.6. The summed E-state index contributed by atoms with van der Waals surface area (Å²) in [4.78, 5) is 17.5. The molecule has 4 aromatic rings. The molecule has 0 saturated heterocycles. The van der Waals surface area contributed by atoms with Crippen LogP contribution in [0, 0.1) is 6.92 Å². The number of fused-ring (bicyclic) bond motifs is 1. The lowest BCUT2D eigenvalue weighted by atomic mass is 9.95. The molecule has 4 rings (SSSR count). The molecule has 1 N–H and O–H groups in total. The fourth-order valence-corrected chi connectivity index (χ4v) is 3.75. The van der Waals surface area contributed by atoms with Crippen LogP contribution >= 0.6 is 11.3 Å². The molecule has 0 fully saturated rings. The first-order valence-electron chi connectivity index (χ1n) is 8.58. The number of nitrogens with zero attached hydrogens (tertiary/aromatic N) is 5. The highest BCUT2D eigenvalue weighted by Crippen LogP contribution is 2.26. The number of aromatic nitrogens is 5.